The van der Waals surface area contributed by atoms with Crippen LogP contribution in [0.15, 0.2) is 47.5 Å². The molecule has 1 aliphatic heterocycles. The summed E-state index contributed by atoms with van der Waals surface area (Å²) >= 11 is 0. The number of aryl methyl sites for hydroxylation is 4. The van der Waals surface area contributed by atoms with Crippen molar-refractivity contribution in [3.05, 3.63) is 99.3 Å². The van der Waals surface area contributed by atoms with Crippen LogP contribution in [0.1, 0.15) is 429 Å². The van der Waals surface area contributed by atoms with E-state index in [0.29, 0.717) is 0 Å². The molecule has 0 unspecified atom stereocenters. The molecule has 0 N–H and O–H groups in total. The van der Waals surface area contributed by atoms with Gasteiger partial charge in [0.2, 0.25) is 11.4 Å². The van der Waals surface area contributed by atoms with Gasteiger partial charge < -0.3 is 30.2 Å². The summed E-state index contributed by atoms with van der Waals surface area (Å²) in [5.74, 6) is 4.93. The third-order valence-electron chi connectivity index (χ3n) is 18.5. The zero-order chi connectivity index (χ0) is 63.3. The molecular weight excluding hydrogens is 1110 g/mol. The van der Waals surface area contributed by atoms with Gasteiger partial charge in [0.05, 0.1) is 0 Å². The summed E-state index contributed by atoms with van der Waals surface area (Å²) in [5.41, 5.74) is 25.4. The van der Waals surface area contributed by atoms with Crippen molar-refractivity contribution in [1.29, 1.82) is 0 Å². The molecule has 1 aliphatic rings. The van der Waals surface area contributed by atoms with Crippen molar-refractivity contribution >= 4 is 11.4 Å². The maximum atomic E-state index is 12.4. The first kappa shape index (κ1) is 85.1. The van der Waals surface area contributed by atoms with E-state index in [4.69, 9.17) is 12.8 Å². The monoisotopic (exact) mass is 1250 g/mol. The average molecular weight is 1250 g/mol. The van der Waals surface area contributed by atoms with Gasteiger partial charge in [0, 0.05) is 22.3 Å². The van der Waals surface area contributed by atoms with Crippen molar-refractivity contribution < 1.29 is 21.2 Å². The molecule has 0 spiro atoms. The van der Waals surface area contributed by atoms with Gasteiger partial charge in [-0.3, -0.25) is 0 Å². The van der Waals surface area contributed by atoms with Gasteiger partial charge in [-0.25, -0.2) is 4.70 Å². The first-order valence-electron chi connectivity index (χ1n) is 38.8. The quantitative estimate of drug-likeness (QED) is 0.0207. The van der Waals surface area contributed by atoms with Crippen molar-refractivity contribution in [2.45, 2.75) is 421 Å². The predicted octanol–water partition coefficient (Wildman–Crippen LogP) is 29.0. The van der Waals surface area contributed by atoms with Crippen LogP contribution < -0.4 is 0 Å². The second-order valence-electron chi connectivity index (χ2n) is 26.8. The third kappa shape index (κ3) is 44.6. The number of nitrogens with zero attached hydrogens (tertiary/aromatic N) is 2. The molecule has 504 valence electrons. The van der Waals surface area contributed by atoms with Crippen LogP contribution in [0.25, 0.3) is 16.9 Å². The Kier molecular flexibility index (Phi) is 62.2. The van der Waals surface area contributed by atoms with Crippen molar-refractivity contribution in [2.24, 2.45) is 0 Å². The molecule has 3 rings (SSSR count). The van der Waals surface area contributed by atoms with Gasteiger partial charge in [0.25, 0.3) is 0 Å². The standard InChI is InChI=1S/C47H74N2.2C19H35.Ni/c1-7-13-18-20-22-25-29-40-32-38(27-16-10-4)34-42(36-40)46-44(12-6)45(31-24-15-9-3)47(49(46)48)43-35-39(28-17-11-5)33-41(37-43)30-26-23-21-19-14-8-2;2*1-3-5-7-9-11-13-15-17-19-18-16-14-12-10-8-6-4-2;/h32-37H,7-31H2,1-6H3;2*3,5-19H2,1H3;/q;2*-1;+2. The van der Waals surface area contributed by atoms with Crippen molar-refractivity contribution in [3.63, 3.8) is 0 Å². The van der Waals surface area contributed by atoms with Gasteiger partial charge in [-0.1, -0.05) is 337 Å². The molecule has 0 saturated heterocycles. The number of allylic oxidation sites excluding steroid dienone is 2. The van der Waals surface area contributed by atoms with E-state index in [1.165, 1.54) is 359 Å². The maximum absolute atomic E-state index is 12.4. The Labute approximate surface area is 561 Å². The molecule has 3 heteroatoms. The van der Waals surface area contributed by atoms with Crippen molar-refractivity contribution in [3.8, 4) is 11.8 Å². The molecule has 0 aromatic heterocycles. The summed E-state index contributed by atoms with van der Waals surface area (Å²) in [4.78, 5) is 0. The van der Waals surface area contributed by atoms with Crippen LogP contribution >= 0.6 is 0 Å². The first-order valence-corrected chi connectivity index (χ1v) is 38.8. The molecule has 88 heavy (non-hydrogen) atoms. The van der Waals surface area contributed by atoms with E-state index in [-0.39, 0.29) is 16.5 Å². The summed E-state index contributed by atoms with van der Waals surface area (Å²) < 4.78 is 1.64. The van der Waals surface area contributed by atoms with Crippen LogP contribution in [0, 0.1) is 24.7 Å². The van der Waals surface area contributed by atoms with Crippen LogP contribution in [-0.4, -0.2) is 4.70 Å². The van der Waals surface area contributed by atoms with Crippen LogP contribution in [0.5, 0.6) is 0 Å². The largest absolute Gasteiger partial charge is 2.00 e. The molecule has 0 radical (unpaired) electrons. The number of unbranched alkanes of at least 4 members (excludes halogenated alkanes) is 44. The summed E-state index contributed by atoms with van der Waals surface area (Å²) in [6.45, 7) is 18.3. The molecule has 2 aromatic carbocycles. The van der Waals surface area contributed by atoms with E-state index in [0.717, 1.165) is 62.8 Å². The summed E-state index contributed by atoms with van der Waals surface area (Å²) in [6.07, 6.45) is 88.2. The summed E-state index contributed by atoms with van der Waals surface area (Å²) in [5, 5.41) is 0. The summed E-state index contributed by atoms with van der Waals surface area (Å²) in [7, 11) is 0. The molecule has 0 aliphatic carbocycles. The molecule has 0 saturated carbocycles. The Hall–Kier alpha value is -2.87. The zero-order valence-electron chi connectivity index (χ0n) is 60.0. The Balaban J connectivity index is 0.00000159. The number of benzene rings is 2. The SMILES string of the molecule is CCCCCCCCc1cc(CCCC)cc(C2=C(CC)C(CCCCC)=C(c3cc(CCCC)cc(CCCCCCCC)c3)[N+]2=[N-])c1.[C-]#CCCCCCCCCCCCCCCCCC.[C-]#CCCCCCCCCCCCCCCCCC.[Ni+2]. The van der Waals surface area contributed by atoms with Gasteiger partial charge in [-0.15, -0.1) is 0 Å². The average Bonchev–Trinajstić information content (AvgIpc) is 1.84. The Morgan fingerprint density at radius 3 is 0.750 bits per heavy atom. The van der Waals surface area contributed by atoms with Gasteiger partial charge >= 0.3 is 16.5 Å². The number of hydrogen-bond donors (Lipinski definition) is 0. The molecular formula is C85H144N2Ni. The molecule has 0 bridgehead atoms. The fourth-order valence-electron chi connectivity index (χ4n) is 13.0. The number of rotatable bonds is 57. The van der Waals surface area contributed by atoms with Crippen LogP contribution in [-0.2, 0) is 42.2 Å². The minimum Gasteiger partial charge on any atom is -0.694 e. The fourth-order valence-corrected chi connectivity index (χ4v) is 13.0. The predicted molar refractivity (Wildman–Crippen MR) is 390 cm³/mol. The van der Waals surface area contributed by atoms with E-state index < -0.39 is 0 Å². The Bertz CT molecular complexity index is 2010. The topological polar surface area (TPSA) is 25.3 Å². The van der Waals surface area contributed by atoms with Crippen molar-refractivity contribution in [1.82, 2.24) is 0 Å². The van der Waals surface area contributed by atoms with Gasteiger partial charge in [0.1, 0.15) is 0 Å². The van der Waals surface area contributed by atoms with Crippen LogP contribution in [0.3, 0.4) is 0 Å². The maximum Gasteiger partial charge on any atom is 2.00 e. The molecule has 2 nitrogen and oxygen atoms in total. The Morgan fingerprint density at radius 1 is 0.273 bits per heavy atom. The van der Waals surface area contributed by atoms with Gasteiger partial charge in [-0.05, 0) is 143 Å². The van der Waals surface area contributed by atoms with E-state index in [1.54, 1.807) is 4.70 Å². The second kappa shape index (κ2) is 64.2. The fraction of sp³-hybridized carbons (Fsp3) is 0.765. The second-order valence-corrected chi connectivity index (χ2v) is 26.8. The summed E-state index contributed by atoms with van der Waals surface area (Å²) in [6, 6.07) is 14.6. The van der Waals surface area contributed by atoms with Crippen LogP contribution in [0.4, 0.5) is 0 Å². The molecule has 2 aromatic rings. The number of hydrogen-bond acceptors (Lipinski definition) is 0. The van der Waals surface area contributed by atoms with E-state index in [1.807, 2.05) is 0 Å². The first-order chi connectivity index (χ1) is 42.8. The van der Waals surface area contributed by atoms with E-state index in [2.05, 4.69) is 104 Å². The normalized spacial score (nSPS) is 12.0. The Morgan fingerprint density at radius 2 is 0.489 bits per heavy atom. The van der Waals surface area contributed by atoms with Gasteiger partial charge in [-0.2, -0.15) is 0 Å². The minimum atomic E-state index is 0. The van der Waals surface area contributed by atoms with Gasteiger partial charge in [0.15, 0.2) is 0 Å². The van der Waals surface area contributed by atoms with E-state index in [9.17, 15) is 5.53 Å². The molecule has 1 heterocycles. The van der Waals surface area contributed by atoms with Crippen molar-refractivity contribution in [2.75, 3.05) is 0 Å². The molecule has 0 amide bonds. The molecule has 0 fully saturated rings. The molecule has 0 atom stereocenters. The smallest absolute Gasteiger partial charge is 0.694 e. The van der Waals surface area contributed by atoms with Crippen LogP contribution in [0.2, 0.25) is 0 Å². The third-order valence-corrected chi connectivity index (χ3v) is 18.5. The minimum absolute atomic E-state index is 0. The van der Waals surface area contributed by atoms with E-state index >= 15 is 0 Å². The zero-order valence-corrected chi connectivity index (χ0v) is 61.0.